The van der Waals surface area contributed by atoms with Crippen LogP contribution in [0.2, 0.25) is 0 Å². The number of amides is 1. The predicted octanol–water partition coefficient (Wildman–Crippen LogP) is 1.91. The Labute approximate surface area is 150 Å². The molecule has 4 rings (SSSR count). The zero-order valence-corrected chi connectivity index (χ0v) is 14.2. The molecule has 1 aromatic heterocycles. The number of anilines is 2. The lowest BCUT2D eigenvalue weighted by Gasteiger charge is -2.39. The Morgan fingerprint density at radius 2 is 1.88 bits per heavy atom. The lowest BCUT2D eigenvalue weighted by Crippen LogP contribution is -2.52. The molecule has 8 heteroatoms. The largest absolute Gasteiger partial charge is 0.507 e. The molecule has 0 radical (unpaired) electrons. The van der Waals surface area contributed by atoms with E-state index in [0.717, 1.165) is 31.6 Å². The molecule has 2 fully saturated rings. The summed E-state index contributed by atoms with van der Waals surface area (Å²) in [6, 6.07) is 8.82. The number of hydrogen-bond donors (Lipinski definition) is 4. The van der Waals surface area contributed by atoms with Crippen LogP contribution in [0.5, 0.6) is 5.75 Å². The molecule has 26 heavy (non-hydrogen) atoms. The normalized spacial score (nSPS) is 24.5. The van der Waals surface area contributed by atoms with Crippen LogP contribution in [0.1, 0.15) is 12.8 Å². The number of nitrogens with one attached hydrogen (secondary N) is 1. The van der Waals surface area contributed by atoms with E-state index < -0.39 is 6.09 Å². The molecule has 2 aromatic rings. The lowest BCUT2D eigenvalue weighted by atomic mass is 9.92. The highest BCUT2D eigenvalue weighted by molar-refractivity contribution is 5.74. The first-order chi connectivity index (χ1) is 12.5. The number of rotatable bonds is 3. The van der Waals surface area contributed by atoms with E-state index in [1.54, 1.807) is 18.2 Å². The highest BCUT2D eigenvalue weighted by Gasteiger charge is 2.43. The van der Waals surface area contributed by atoms with Crippen molar-refractivity contribution in [2.75, 3.05) is 23.7 Å². The van der Waals surface area contributed by atoms with Crippen LogP contribution in [0.25, 0.3) is 11.3 Å². The fraction of sp³-hybridized carbons (Fsp3) is 0.389. The molecule has 2 aliphatic rings. The van der Waals surface area contributed by atoms with E-state index in [9.17, 15) is 9.90 Å². The Hall–Kier alpha value is -3.03. The number of nitrogens with two attached hydrogens (primary N) is 1. The lowest BCUT2D eigenvalue weighted by molar-refractivity contribution is 0.178. The Bertz CT molecular complexity index is 829. The van der Waals surface area contributed by atoms with Gasteiger partial charge in [0.05, 0.1) is 11.4 Å². The highest BCUT2D eigenvalue weighted by Crippen LogP contribution is 2.40. The van der Waals surface area contributed by atoms with Gasteiger partial charge in [0.15, 0.2) is 5.82 Å². The standard InChI is InChI=1S/C18H21N5O3/c19-17-14(7-13(21-22-17)12-3-1-2-4-15(12)24)23-8-10-5-6-11(9-23)16(10)20-18(25)26/h1-4,7,10-11,16,20,24H,5-6,8-9H2,(H2,19,22)(H,25,26). The van der Waals surface area contributed by atoms with Gasteiger partial charge in [0.25, 0.3) is 0 Å². The summed E-state index contributed by atoms with van der Waals surface area (Å²) in [5, 5.41) is 30.0. The molecule has 5 N–H and O–H groups in total. The third kappa shape index (κ3) is 2.87. The molecule has 1 aliphatic heterocycles. The van der Waals surface area contributed by atoms with Gasteiger partial charge < -0.3 is 26.2 Å². The van der Waals surface area contributed by atoms with Gasteiger partial charge in [-0.1, -0.05) is 12.1 Å². The number of carboxylic acid groups (broad SMARTS) is 1. The molecule has 1 aromatic carbocycles. The average molecular weight is 355 g/mol. The Kier molecular flexibility index (Phi) is 4.02. The molecule has 2 unspecified atom stereocenters. The number of aromatic nitrogens is 2. The second kappa shape index (κ2) is 6.36. The molecule has 1 aliphatic carbocycles. The smallest absolute Gasteiger partial charge is 0.404 e. The summed E-state index contributed by atoms with van der Waals surface area (Å²) in [5.41, 5.74) is 8.02. The van der Waals surface area contributed by atoms with Gasteiger partial charge in [0, 0.05) is 24.7 Å². The second-order valence-corrected chi connectivity index (χ2v) is 6.99. The first-order valence-corrected chi connectivity index (χ1v) is 8.69. The number of phenolic OH excluding ortho intramolecular Hbond substituents is 1. The molecular formula is C18H21N5O3. The maximum absolute atomic E-state index is 11.0. The van der Waals surface area contributed by atoms with Gasteiger partial charge >= 0.3 is 6.09 Å². The zero-order chi connectivity index (χ0) is 18.3. The van der Waals surface area contributed by atoms with E-state index in [0.29, 0.717) is 17.1 Å². The van der Waals surface area contributed by atoms with E-state index in [-0.39, 0.29) is 23.6 Å². The quantitative estimate of drug-likeness (QED) is 0.663. The van der Waals surface area contributed by atoms with Crippen LogP contribution >= 0.6 is 0 Å². The Morgan fingerprint density at radius 3 is 2.54 bits per heavy atom. The van der Waals surface area contributed by atoms with Crippen molar-refractivity contribution in [1.29, 1.82) is 0 Å². The average Bonchev–Trinajstić information content (AvgIpc) is 2.84. The number of phenols is 1. The number of hydrogen-bond acceptors (Lipinski definition) is 6. The maximum atomic E-state index is 11.0. The molecule has 1 amide bonds. The Balaban J connectivity index is 1.62. The topological polar surface area (TPSA) is 125 Å². The predicted molar refractivity (Wildman–Crippen MR) is 96.9 cm³/mol. The highest BCUT2D eigenvalue weighted by atomic mass is 16.4. The van der Waals surface area contributed by atoms with Crippen LogP contribution in [0.4, 0.5) is 16.3 Å². The van der Waals surface area contributed by atoms with E-state index in [4.69, 9.17) is 10.8 Å². The van der Waals surface area contributed by atoms with Crippen molar-refractivity contribution in [3.63, 3.8) is 0 Å². The molecule has 1 saturated carbocycles. The van der Waals surface area contributed by atoms with Crippen LogP contribution in [-0.4, -0.2) is 45.6 Å². The van der Waals surface area contributed by atoms with Crippen molar-refractivity contribution >= 4 is 17.6 Å². The van der Waals surface area contributed by atoms with Gasteiger partial charge in [-0.15, -0.1) is 10.2 Å². The summed E-state index contributed by atoms with van der Waals surface area (Å²) >= 11 is 0. The number of nitrogen functional groups attached to an aromatic ring is 1. The number of aromatic hydroxyl groups is 1. The van der Waals surface area contributed by atoms with Crippen molar-refractivity contribution in [3.05, 3.63) is 30.3 Å². The van der Waals surface area contributed by atoms with Crippen LogP contribution in [0, 0.1) is 11.8 Å². The van der Waals surface area contributed by atoms with Crippen LogP contribution < -0.4 is 16.0 Å². The first kappa shape index (κ1) is 16.4. The first-order valence-electron chi connectivity index (χ1n) is 8.69. The minimum atomic E-state index is -0.965. The van der Waals surface area contributed by atoms with E-state index in [1.165, 1.54) is 0 Å². The third-order valence-electron chi connectivity index (χ3n) is 5.45. The summed E-state index contributed by atoms with van der Waals surface area (Å²) < 4.78 is 0. The van der Waals surface area contributed by atoms with E-state index in [1.807, 2.05) is 12.1 Å². The van der Waals surface area contributed by atoms with Gasteiger partial charge in [-0.25, -0.2) is 4.79 Å². The number of piperidine rings is 1. The minimum Gasteiger partial charge on any atom is -0.507 e. The third-order valence-corrected chi connectivity index (χ3v) is 5.45. The number of benzene rings is 1. The minimum absolute atomic E-state index is 0.00240. The maximum Gasteiger partial charge on any atom is 0.404 e. The van der Waals surface area contributed by atoms with Gasteiger partial charge in [0.1, 0.15) is 5.75 Å². The van der Waals surface area contributed by atoms with Crippen molar-refractivity contribution in [2.24, 2.45) is 11.8 Å². The van der Waals surface area contributed by atoms with Crippen molar-refractivity contribution in [2.45, 2.75) is 18.9 Å². The molecule has 2 bridgehead atoms. The van der Waals surface area contributed by atoms with Gasteiger partial charge in [-0.2, -0.15) is 0 Å². The number of nitrogens with zero attached hydrogens (tertiary/aromatic N) is 3. The number of carbonyl (C=O) groups is 1. The Morgan fingerprint density at radius 1 is 1.19 bits per heavy atom. The van der Waals surface area contributed by atoms with E-state index >= 15 is 0 Å². The molecule has 1 saturated heterocycles. The fourth-order valence-corrected chi connectivity index (χ4v) is 4.26. The zero-order valence-electron chi connectivity index (χ0n) is 14.2. The summed E-state index contributed by atoms with van der Waals surface area (Å²) in [6.07, 6.45) is 1.03. The molecule has 2 heterocycles. The molecule has 136 valence electrons. The van der Waals surface area contributed by atoms with Crippen LogP contribution in [-0.2, 0) is 0 Å². The van der Waals surface area contributed by atoms with Crippen molar-refractivity contribution < 1.29 is 15.0 Å². The second-order valence-electron chi connectivity index (χ2n) is 6.99. The molecular weight excluding hydrogens is 334 g/mol. The summed E-state index contributed by atoms with van der Waals surface area (Å²) in [6.45, 7) is 1.44. The van der Waals surface area contributed by atoms with Crippen molar-refractivity contribution in [1.82, 2.24) is 15.5 Å². The summed E-state index contributed by atoms with van der Waals surface area (Å²) in [5.74, 6) is 0.993. The van der Waals surface area contributed by atoms with Gasteiger partial charge in [-0.05, 0) is 42.9 Å². The monoisotopic (exact) mass is 355 g/mol. The van der Waals surface area contributed by atoms with E-state index in [2.05, 4.69) is 20.4 Å². The molecule has 0 spiro atoms. The van der Waals surface area contributed by atoms with Gasteiger partial charge in [0.2, 0.25) is 0 Å². The summed E-state index contributed by atoms with van der Waals surface area (Å²) in [4.78, 5) is 13.2. The van der Waals surface area contributed by atoms with Crippen LogP contribution in [0.3, 0.4) is 0 Å². The summed E-state index contributed by atoms with van der Waals surface area (Å²) in [7, 11) is 0. The van der Waals surface area contributed by atoms with Gasteiger partial charge in [-0.3, -0.25) is 0 Å². The SMILES string of the molecule is Nc1nnc(-c2ccccc2O)cc1N1CC2CCC(C1)C2NC(=O)O. The fourth-order valence-electron chi connectivity index (χ4n) is 4.26. The number of fused-ring (bicyclic) bond motifs is 2. The van der Waals surface area contributed by atoms with Crippen molar-refractivity contribution in [3.8, 4) is 17.0 Å². The number of para-hydroxylation sites is 1. The molecule has 8 nitrogen and oxygen atoms in total. The van der Waals surface area contributed by atoms with Crippen LogP contribution in [0.15, 0.2) is 30.3 Å². The molecule has 2 atom stereocenters.